The molecule has 5 rings (SSSR count). The molecule has 0 spiro atoms. The van der Waals surface area contributed by atoms with E-state index in [1.54, 1.807) is 25.4 Å². The summed E-state index contributed by atoms with van der Waals surface area (Å²) in [4.78, 5) is 29.4. The zero-order chi connectivity index (χ0) is 26.7. The average Bonchev–Trinajstić information content (AvgIpc) is 3.55. The van der Waals surface area contributed by atoms with Gasteiger partial charge in [0.15, 0.2) is 0 Å². The van der Waals surface area contributed by atoms with E-state index in [0.717, 1.165) is 30.2 Å². The molecule has 11 heteroatoms. The third-order valence-electron chi connectivity index (χ3n) is 8.11. The summed E-state index contributed by atoms with van der Waals surface area (Å²) in [6.45, 7) is 1.66. The van der Waals surface area contributed by atoms with Crippen molar-refractivity contribution in [2.45, 2.75) is 32.1 Å². The number of hydrogen-bond acceptors (Lipinski definition) is 6. The molecule has 0 unspecified atom stereocenters. The van der Waals surface area contributed by atoms with Crippen LogP contribution in [0.5, 0.6) is 5.75 Å². The Bertz CT molecular complexity index is 1320. The lowest BCUT2D eigenvalue weighted by Gasteiger charge is -2.31. The first kappa shape index (κ1) is 26.4. The highest BCUT2D eigenvalue weighted by Gasteiger charge is 2.36. The molecule has 1 aliphatic heterocycles. The maximum absolute atomic E-state index is 12.8. The van der Waals surface area contributed by atoms with Crippen molar-refractivity contribution in [1.82, 2.24) is 24.6 Å². The molecule has 2 aliphatic carbocycles. The van der Waals surface area contributed by atoms with Gasteiger partial charge in [-0.15, -0.1) is 0 Å². The van der Waals surface area contributed by atoms with Gasteiger partial charge < -0.3 is 15.4 Å². The van der Waals surface area contributed by atoms with Gasteiger partial charge in [-0.3, -0.25) is 9.78 Å². The van der Waals surface area contributed by atoms with Gasteiger partial charge in [-0.05, 0) is 80.0 Å². The van der Waals surface area contributed by atoms with Crippen LogP contribution >= 0.6 is 0 Å². The van der Waals surface area contributed by atoms with Crippen LogP contribution in [0.3, 0.4) is 0 Å². The first-order valence-corrected chi connectivity index (χ1v) is 14.7. The van der Waals surface area contributed by atoms with Crippen molar-refractivity contribution in [3.63, 3.8) is 0 Å². The summed E-state index contributed by atoms with van der Waals surface area (Å²) in [6, 6.07) is 6.46. The molecule has 2 aromatic rings. The fraction of sp³-hybridized carbons (Fsp3) is 0.519. The van der Waals surface area contributed by atoms with E-state index in [2.05, 4.69) is 32.5 Å². The van der Waals surface area contributed by atoms with E-state index < -0.39 is 16.2 Å². The maximum atomic E-state index is 12.8. The monoisotopic (exact) mass is 541 g/mol. The zero-order valence-electron chi connectivity index (χ0n) is 21.6. The van der Waals surface area contributed by atoms with E-state index >= 15 is 0 Å². The van der Waals surface area contributed by atoms with Crippen LogP contribution in [-0.4, -0.2) is 62.9 Å². The molecule has 3 atom stereocenters. The number of piperidine rings is 1. The third-order valence-corrected chi connectivity index (χ3v) is 9.60. The van der Waals surface area contributed by atoms with E-state index in [0.29, 0.717) is 68.1 Å². The number of ether oxygens (including phenoxy) is 1. The van der Waals surface area contributed by atoms with Gasteiger partial charge in [-0.2, -0.15) is 12.7 Å². The first-order valence-electron chi connectivity index (χ1n) is 13.3. The van der Waals surface area contributed by atoms with Gasteiger partial charge in [-0.25, -0.2) is 9.52 Å². The molecule has 3 amide bonds. The van der Waals surface area contributed by atoms with Gasteiger partial charge in [0, 0.05) is 37.8 Å². The minimum atomic E-state index is -3.89. The number of hydrogen-bond donors (Lipinski definition) is 3. The van der Waals surface area contributed by atoms with Crippen molar-refractivity contribution in [1.29, 1.82) is 0 Å². The molecule has 3 aliphatic rings. The third kappa shape index (κ3) is 5.94. The molecule has 204 valence electrons. The van der Waals surface area contributed by atoms with Crippen molar-refractivity contribution < 1.29 is 22.7 Å². The summed E-state index contributed by atoms with van der Waals surface area (Å²) in [5.74, 6) is 2.25. The quantitative estimate of drug-likeness (QED) is 0.419. The lowest BCUT2D eigenvalue weighted by atomic mass is 9.94. The number of nitrogens with one attached hydrogen (secondary N) is 3. The summed E-state index contributed by atoms with van der Waals surface area (Å²) < 4.78 is 34.2. The van der Waals surface area contributed by atoms with Crippen LogP contribution in [0.4, 0.5) is 4.79 Å². The van der Waals surface area contributed by atoms with Crippen molar-refractivity contribution >= 4 is 33.1 Å². The highest BCUT2D eigenvalue weighted by Crippen LogP contribution is 2.42. The number of allylic oxidation sites excluding steroid dienone is 2. The van der Waals surface area contributed by atoms with Gasteiger partial charge >= 0.3 is 16.2 Å². The molecule has 2 heterocycles. The molecule has 0 radical (unpaired) electrons. The second kappa shape index (κ2) is 11.3. The van der Waals surface area contributed by atoms with Crippen LogP contribution in [0, 0.1) is 23.7 Å². The summed E-state index contributed by atoms with van der Waals surface area (Å²) in [7, 11) is -2.31. The summed E-state index contributed by atoms with van der Waals surface area (Å²) >= 11 is 0. The minimum Gasteiger partial charge on any atom is -0.497 e. The Morgan fingerprint density at radius 1 is 1.11 bits per heavy atom. The van der Waals surface area contributed by atoms with Crippen LogP contribution in [-0.2, 0) is 10.2 Å². The number of amides is 3. The lowest BCUT2D eigenvalue weighted by molar-refractivity contribution is 0.0951. The van der Waals surface area contributed by atoms with E-state index in [1.165, 1.54) is 4.31 Å². The fourth-order valence-electron chi connectivity index (χ4n) is 5.94. The molecule has 2 bridgehead atoms. The number of fused-ring (bicyclic) bond motifs is 3. The second-order valence-electron chi connectivity index (χ2n) is 10.5. The topological polar surface area (TPSA) is 130 Å². The van der Waals surface area contributed by atoms with Crippen LogP contribution in [0.2, 0.25) is 0 Å². The molecule has 1 aromatic heterocycles. The summed E-state index contributed by atoms with van der Waals surface area (Å²) in [5.41, 5.74) is 1.26. The largest absolute Gasteiger partial charge is 0.497 e. The molecular weight excluding hydrogens is 506 g/mol. The van der Waals surface area contributed by atoms with Gasteiger partial charge in [0.1, 0.15) is 5.75 Å². The van der Waals surface area contributed by atoms with Crippen LogP contribution in [0.15, 0.2) is 42.6 Å². The van der Waals surface area contributed by atoms with Crippen molar-refractivity contribution in [2.75, 3.05) is 33.3 Å². The van der Waals surface area contributed by atoms with Gasteiger partial charge in [-0.1, -0.05) is 12.2 Å². The average molecular weight is 542 g/mol. The molecular formula is C27H35N5O5S. The number of nitrogens with zero attached hydrogens (tertiary/aromatic N) is 2. The van der Waals surface area contributed by atoms with E-state index in [4.69, 9.17) is 4.74 Å². The zero-order valence-corrected chi connectivity index (χ0v) is 22.4. The molecule has 38 heavy (non-hydrogen) atoms. The molecule has 3 N–H and O–H groups in total. The summed E-state index contributed by atoms with van der Waals surface area (Å²) in [6.07, 6.45) is 10.3. The van der Waals surface area contributed by atoms with Crippen molar-refractivity contribution in [2.24, 2.45) is 23.7 Å². The number of urea groups is 1. The van der Waals surface area contributed by atoms with Crippen LogP contribution in [0.1, 0.15) is 42.5 Å². The SMILES string of the molecule is COc1ccc2nccc(C(=O)NCCC3CCN(S(=O)(=O)NC(=O)NC[C@@H]4C[C@@H]5C=C[C@@H]4C5)CC3)c2c1. The molecule has 2 fully saturated rings. The fourth-order valence-corrected chi connectivity index (χ4v) is 7.07. The Morgan fingerprint density at radius 3 is 2.63 bits per heavy atom. The second-order valence-corrected chi connectivity index (χ2v) is 12.2. The molecule has 1 saturated carbocycles. The number of benzene rings is 1. The standard InChI is InChI=1S/C27H35N5O5S/c1-37-22-4-5-25-24(16-22)23(7-11-28-25)26(33)29-10-6-18-8-12-32(13-9-18)38(35,36)31-27(34)30-17-21-15-19-2-3-20(21)14-19/h2-5,7,11,16,18-21H,6,8-10,12-15,17H2,1H3,(H,29,33)(H2,30,31,34)/t19-,20-,21+/m1/s1. The predicted molar refractivity (Wildman–Crippen MR) is 144 cm³/mol. The number of carbonyl (C=O) groups excluding carboxylic acids is 2. The highest BCUT2D eigenvalue weighted by molar-refractivity contribution is 7.87. The number of pyridine rings is 1. The highest BCUT2D eigenvalue weighted by atomic mass is 32.2. The minimum absolute atomic E-state index is 0.178. The van der Waals surface area contributed by atoms with E-state index in [-0.39, 0.29) is 11.8 Å². The smallest absolute Gasteiger partial charge is 0.329 e. The molecule has 1 saturated heterocycles. The van der Waals surface area contributed by atoms with Crippen LogP contribution in [0.25, 0.3) is 10.9 Å². The van der Waals surface area contributed by atoms with Gasteiger partial charge in [0.25, 0.3) is 5.91 Å². The normalized spacial score (nSPS) is 23.4. The van der Waals surface area contributed by atoms with Crippen LogP contribution < -0.4 is 20.1 Å². The van der Waals surface area contributed by atoms with E-state index in [1.807, 2.05) is 12.1 Å². The molecule has 1 aromatic carbocycles. The van der Waals surface area contributed by atoms with Gasteiger partial charge in [0.05, 0.1) is 18.2 Å². The Kier molecular flexibility index (Phi) is 7.85. The van der Waals surface area contributed by atoms with Crippen molar-refractivity contribution in [3.05, 3.63) is 48.2 Å². The Balaban J connectivity index is 1.04. The Morgan fingerprint density at radius 2 is 1.92 bits per heavy atom. The molecule has 10 nitrogen and oxygen atoms in total. The van der Waals surface area contributed by atoms with E-state index in [9.17, 15) is 18.0 Å². The maximum Gasteiger partial charge on any atom is 0.329 e. The van der Waals surface area contributed by atoms with Gasteiger partial charge in [0.2, 0.25) is 0 Å². The Hall–Kier alpha value is -3.18. The number of rotatable bonds is 9. The van der Waals surface area contributed by atoms with Crippen molar-refractivity contribution in [3.8, 4) is 5.75 Å². The number of carbonyl (C=O) groups is 2. The number of aromatic nitrogens is 1. The number of methoxy groups -OCH3 is 1. The summed E-state index contributed by atoms with van der Waals surface area (Å²) in [5, 5.41) is 6.45. The Labute approximate surface area is 223 Å². The predicted octanol–water partition coefficient (Wildman–Crippen LogP) is 2.83. The first-order chi connectivity index (χ1) is 18.3. The lowest BCUT2D eigenvalue weighted by Crippen LogP contribution is -2.50.